The molecule has 3 unspecified atom stereocenters. The molecule has 0 saturated heterocycles. The molecule has 1 fully saturated rings. The van der Waals surface area contributed by atoms with Gasteiger partial charge < -0.3 is 5.32 Å². The van der Waals surface area contributed by atoms with E-state index < -0.39 is 0 Å². The van der Waals surface area contributed by atoms with Crippen molar-refractivity contribution < 1.29 is 0 Å². The predicted octanol–water partition coefficient (Wildman–Crippen LogP) is 2.51. The molecular weight excluding hydrogens is 158 g/mol. The van der Waals surface area contributed by atoms with E-state index in [-0.39, 0.29) is 0 Å². The molecule has 3 atom stereocenters. The second kappa shape index (κ2) is 3.30. The molecule has 72 valence electrons. The van der Waals surface area contributed by atoms with Crippen molar-refractivity contribution in [2.24, 2.45) is 11.8 Å². The minimum atomic E-state index is 0.512. The van der Waals surface area contributed by atoms with Crippen LogP contribution in [0.1, 0.15) is 27.2 Å². The highest BCUT2D eigenvalue weighted by atomic mass is 14.9. The van der Waals surface area contributed by atoms with Gasteiger partial charge in [-0.25, -0.2) is 0 Å². The standard InChI is InChI=1S/C12H19N/c1-8(2)13-9(3)10-4-5-11-7-12(11)6-10/h4-6,8-9,11-13H,7H2,1-3H3. The molecule has 1 heteroatoms. The molecule has 0 radical (unpaired) electrons. The first-order valence-electron chi connectivity index (χ1n) is 5.33. The first kappa shape index (κ1) is 9.01. The normalized spacial score (nSPS) is 32.8. The van der Waals surface area contributed by atoms with Gasteiger partial charge in [0.1, 0.15) is 0 Å². The maximum atomic E-state index is 3.53. The zero-order valence-corrected chi connectivity index (χ0v) is 8.75. The predicted molar refractivity (Wildman–Crippen MR) is 56.6 cm³/mol. The van der Waals surface area contributed by atoms with E-state index in [9.17, 15) is 0 Å². The van der Waals surface area contributed by atoms with Crippen molar-refractivity contribution in [1.29, 1.82) is 0 Å². The van der Waals surface area contributed by atoms with Crippen molar-refractivity contribution in [1.82, 2.24) is 5.32 Å². The number of hydrogen-bond acceptors (Lipinski definition) is 1. The summed E-state index contributed by atoms with van der Waals surface area (Å²) in [5.74, 6) is 1.76. The van der Waals surface area contributed by atoms with Crippen molar-refractivity contribution >= 4 is 0 Å². The maximum absolute atomic E-state index is 3.53. The highest BCUT2D eigenvalue weighted by Crippen LogP contribution is 2.44. The van der Waals surface area contributed by atoms with E-state index in [1.807, 2.05) is 0 Å². The molecule has 0 amide bonds. The fraction of sp³-hybridized carbons (Fsp3) is 0.667. The van der Waals surface area contributed by atoms with Crippen LogP contribution in [0.3, 0.4) is 0 Å². The summed E-state index contributed by atoms with van der Waals surface area (Å²) >= 11 is 0. The average Bonchev–Trinajstić information content (AvgIpc) is 2.79. The van der Waals surface area contributed by atoms with Crippen molar-refractivity contribution in [2.45, 2.75) is 39.3 Å². The van der Waals surface area contributed by atoms with Gasteiger partial charge in [0.15, 0.2) is 0 Å². The molecular formula is C12H19N. The van der Waals surface area contributed by atoms with Gasteiger partial charge in [0.25, 0.3) is 0 Å². The summed E-state index contributed by atoms with van der Waals surface area (Å²) in [7, 11) is 0. The third kappa shape index (κ3) is 2.02. The zero-order chi connectivity index (χ0) is 9.42. The van der Waals surface area contributed by atoms with Gasteiger partial charge >= 0.3 is 0 Å². The number of hydrogen-bond donors (Lipinski definition) is 1. The lowest BCUT2D eigenvalue weighted by atomic mass is 10.0. The molecule has 0 aromatic carbocycles. The molecule has 0 aromatic rings. The minimum absolute atomic E-state index is 0.512. The highest BCUT2D eigenvalue weighted by molar-refractivity contribution is 5.33. The molecule has 0 aliphatic heterocycles. The van der Waals surface area contributed by atoms with Crippen LogP contribution in [0.4, 0.5) is 0 Å². The molecule has 2 aliphatic rings. The molecule has 0 spiro atoms. The van der Waals surface area contributed by atoms with Gasteiger partial charge in [-0.1, -0.05) is 32.1 Å². The van der Waals surface area contributed by atoms with Crippen molar-refractivity contribution in [3.8, 4) is 0 Å². The van der Waals surface area contributed by atoms with Gasteiger partial charge in [-0.15, -0.1) is 0 Å². The van der Waals surface area contributed by atoms with Crippen molar-refractivity contribution in [3.63, 3.8) is 0 Å². The topological polar surface area (TPSA) is 12.0 Å². The Labute approximate surface area is 80.9 Å². The average molecular weight is 177 g/mol. The summed E-state index contributed by atoms with van der Waals surface area (Å²) < 4.78 is 0. The second-order valence-corrected chi connectivity index (χ2v) is 4.63. The molecule has 1 saturated carbocycles. The number of nitrogens with one attached hydrogen (secondary N) is 1. The Hall–Kier alpha value is -0.560. The first-order chi connectivity index (χ1) is 6.16. The molecule has 0 heterocycles. The molecule has 0 bridgehead atoms. The van der Waals surface area contributed by atoms with Gasteiger partial charge in [-0.3, -0.25) is 0 Å². The van der Waals surface area contributed by atoms with Crippen LogP contribution in [0.2, 0.25) is 0 Å². The summed E-state index contributed by atoms with van der Waals surface area (Å²) in [5, 5.41) is 3.53. The molecule has 0 aromatic heterocycles. The number of rotatable bonds is 3. The van der Waals surface area contributed by atoms with Crippen LogP contribution in [0.15, 0.2) is 23.8 Å². The largest absolute Gasteiger partial charge is 0.308 e. The SMILES string of the molecule is CC(C)NC(C)C1=CC2CC2C=C1. The Kier molecular flexibility index (Phi) is 2.29. The van der Waals surface area contributed by atoms with E-state index in [1.165, 1.54) is 12.0 Å². The lowest BCUT2D eigenvalue weighted by Crippen LogP contribution is -2.33. The number of allylic oxidation sites excluding steroid dienone is 2. The van der Waals surface area contributed by atoms with Crippen LogP contribution in [-0.2, 0) is 0 Å². The van der Waals surface area contributed by atoms with Gasteiger partial charge in [0, 0.05) is 12.1 Å². The van der Waals surface area contributed by atoms with Crippen molar-refractivity contribution in [2.75, 3.05) is 0 Å². The summed E-state index contributed by atoms with van der Waals surface area (Å²) in [6.45, 7) is 6.64. The highest BCUT2D eigenvalue weighted by Gasteiger charge is 2.35. The van der Waals surface area contributed by atoms with E-state index in [4.69, 9.17) is 0 Å². The van der Waals surface area contributed by atoms with E-state index >= 15 is 0 Å². The van der Waals surface area contributed by atoms with Crippen LogP contribution in [0, 0.1) is 11.8 Å². The van der Waals surface area contributed by atoms with Crippen LogP contribution in [-0.4, -0.2) is 12.1 Å². The van der Waals surface area contributed by atoms with Crippen LogP contribution < -0.4 is 5.32 Å². The Morgan fingerprint density at radius 3 is 2.69 bits per heavy atom. The molecule has 2 rings (SSSR count). The minimum Gasteiger partial charge on any atom is -0.308 e. The fourth-order valence-corrected chi connectivity index (χ4v) is 2.07. The summed E-state index contributed by atoms with van der Waals surface area (Å²) in [4.78, 5) is 0. The van der Waals surface area contributed by atoms with Crippen LogP contribution in [0.25, 0.3) is 0 Å². The van der Waals surface area contributed by atoms with Gasteiger partial charge in [0.2, 0.25) is 0 Å². The van der Waals surface area contributed by atoms with E-state index in [0.717, 1.165) is 11.8 Å². The Balaban J connectivity index is 1.96. The Morgan fingerprint density at radius 2 is 2.08 bits per heavy atom. The Bertz CT molecular complexity index is 250. The fourth-order valence-electron chi connectivity index (χ4n) is 2.07. The van der Waals surface area contributed by atoms with E-state index in [2.05, 4.69) is 44.3 Å². The van der Waals surface area contributed by atoms with Gasteiger partial charge in [-0.2, -0.15) is 0 Å². The van der Waals surface area contributed by atoms with Crippen LogP contribution in [0.5, 0.6) is 0 Å². The third-order valence-electron chi connectivity index (χ3n) is 2.92. The lowest BCUT2D eigenvalue weighted by Gasteiger charge is -2.19. The van der Waals surface area contributed by atoms with Crippen LogP contribution >= 0.6 is 0 Å². The summed E-state index contributed by atoms with van der Waals surface area (Å²) in [5.41, 5.74) is 1.48. The van der Waals surface area contributed by atoms with Gasteiger partial charge in [0.05, 0.1) is 0 Å². The third-order valence-corrected chi connectivity index (χ3v) is 2.92. The summed E-state index contributed by atoms with van der Waals surface area (Å²) in [6, 6.07) is 1.08. The first-order valence-corrected chi connectivity index (χ1v) is 5.33. The molecule has 13 heavy (non-hydrogen) atoms. The maximum Gasteiger partial charge on any atom is 0.0290 e. The quantitative estimate of drug-likeness (QED) is 0.698. The zero-order valence-electron chi connectivity index (χ0n) is 8.75. The Morgan fingerprint density at radius 1 is 1.31 bits per heavy atom. The smallest absolute Gasteiger partial charge is 0.0290 e. The van der Waals surface area contributed by atoms with E-state index in [1.54, 1.807) is 0 Å². The lowest BCUT2D eigenvalue weighted by molar-refractivity contribution is 0.536. The molecule has 1 N–H and O–H groups in total. The summed E-state index contributed by atoms with van der Waals surface area (Å²) in [6.07, 6.45) is 8.51. The monoisotopic (exact) mass is 177 g/mol. The molecule has 1 nitrogen and oxygen atoms in total. The second-order valence-electron chi connectivity index (χ2n) is 4.63. The molecule has 2 aliphatic carbocycles. The van der Waals surface area contributed by atoms with Gasteiger partial charge in [-0.05, 0) is 30.8 Å². The van der Waals surface area contributed by atoms with Crippen molar-refractivity contribution in [3.05, 3.63) is 23.8 Å². The van der Waals surface area contributed by atoms with E-state index in [0.29, 0.717) is 12.1 Å². The number of fused-ring (bicyclic) bond motifs is 1.